The van der Waals surface area contributed by atoms with Crippen molar-refractivity contribution in [1.29, 1.82) is 0 Å². The van der Waals surface area contributed by atoms with Gasteiger partial charge in [-0.05, 0) is 81.9 Å². The van der Waals surface area contributed by atoms with Gasteiger partial charge in [0.2, 0.25) is 0 Å². The first kappa shape index (κ1) is 28.4. The van der Waals surface area contributed by atoms with Crippen LogP contribution >= 0.6 is 0 Å². The molecule has 0 saturated heterocycles. The topological polar surface area (TPSA) is 9.86 Å². The number of nitrogens with zero attached hydrogens (tertiary/aromatic N) is 2. The van der Waals surface area contributed by atoms with Gasteiger partial charge in [0.25, 0.3) is 0 Å². The van der Waals surface area contributed by atoms with E-state index in [1.807, 2.05) is 0 Å². The van der Waals surface area contributed by atoms with Crippen molar-refractivity contribution in [2.24, 2.45) is 0 Å². The Hall–Kier alpha value is -6.64. The molecule has 10 rings (SSSR count). The molecule has 0 spiro atoms. The van der Waals surface area contributed by atoms with Crippen LogP contribution in [0, 0.1) is 0 Å². The van der Waals surface area contributed by atoms with Crippen molar-refractivity contribution in [2.45, 2.75) is 0 Å². The van der Waals surface area contributed by atoms with Crippen molar-refractivity contribution in [3.63, 3.8) is 0 Å². The standard InChI is InChI=1S/C48H32N2/c1-3-11-33(12-4-1)35-19-21-36(22-20-35)38-25-29-40(30-26-38)50-46-18-10-8-16-42(46)44-31-43-41-15-7-9-17-45(41)49(47(43)32-48(44)50)39-27-23-37(24-28-39)34-13-5-2-6-14-34/h1-32H. The van der Waals surface area contributed by atoms with Gasteiger partial charge in [-0.3, -0.25) is 0 Å². The maximum Gasteiger partial charge on any atom is 0.0562 e. The summed E-state index contributed by atoms with van der Waals surface area (Å²) in [6.45, 7) is 0. The molecule has 0 fully saturated rings. The van der Waals surface area contributed by atoms with Crippen LogP contribution in [0.4, 0.5) is 0 Å². The van der Waals surface area contributed by atoms with Crippen LogP contribution in [0.15, 0.2) is 194 Å². The van der Waals surface area contributed by atoms with Gasteiger partial charge in [-0.1, -0.05) is 146 Å². The van der Waals surface area contributed by atoms with Crippen LogP contribution in [0.2, 0.25) is 0 Å². The van der Waals surface area contributed by atoms with E-state index in [-0.39, 0.29) is 0 Å². The van der Waals surface area contributed by atoms with E-state index in [1.54, 1.807) is 0 Å². The smallest absolute Gasteiger partial charge is 0.0562 e. The normalized spacial score (nSPS) is 11.6. The monoisotopic (exact) mass is 636 g/mol. The highest BCUT2D eigenvalue weighted by Gasteiger charge is 2.18. The lowest BCUT2D eigenvalue weighted by molar-refractivity contribution is 1.16. The Balaban J connectivity index is 1.12. The molecule has 0 radical (unpaired) electrons. The van der Waals surface area contributed by atoms with Crippen molar-refractivity contribution in [2.75, 3.05) is 0 Å². The molecule has 0 saturated carbocycles. The van der Waals surface area contributed by atoms with Crippen LogP contribution in [0.1, 0.15) is 0 Å². The van der Waals surface area contributed by atoms with Crippen molar-refractivity contribution in [3.05, 3.63) is 194 Å². The van der Waals surface area contributed by atoms with E-state index in [4.69, 9.17) is 0 Å². The molecule has 2 heterocycles. The minimum absolute atomic E-state index is 1.15. The lowest BCUT2D eigenvalue weighted by atomic mass is 10.0. The average molecular weight is 637 g/mol. The summed E-state index contributed by atoms with van der Waals surface area (Å²) in [7, 11) is 0. The summed E-state index contributed by atoms with van der Waals surface area (Å²) >= 11 is 0. The molecule has 0 aliphatic rings. The average Bonchev–Trinajstić information content (AvgIpc) is 3.70. The lowest BCUT2D eigenvalue weighted by Gasteiger charge is -2.12. The van der Waals surface area contributed by atoms with E-state index in [0.717, 1.165) is 11.4 Å². The predicted molar refractivity (Wildman–Crippen MR) is 211 cm³/mol. The molecular weight excluding hydrogens is 605 g/mol. The molecule has 0 amide bonds. The predicted octanol–water partition coefficient (Wildman–Crippen LogP) is 12.9. The van der Waals surface area contributed by atoms with Crippen molar-refractivity contribution in [3.8, 4) is 44.8 Å². The SMILES string of the molecule is c1ccc(-c2ccc(-c3ccc(-n4c5ccccc5c5cc6c7ccccc7n(-c7ccc(-c8ccccc8)cc7)c6cc54)cc3)cc2)cc1. The van der Waals surface area contributed by atoms with Gasteiger partial charge in [0.1, 0.15) is 0 Å². The number of aromatic nitrogens is 2. The fourth-order valence-corrected chi connectivity index (χ4v) is 7.71. The third-order valence-corrected chi connectivity index (χ3v) is 10.1. The van der Waals surface area contributed by atoms with Crippen LogP contribution < -0.4 is 0 Å². The summed E-state index contributed by atoms with van der Waals surface area (Å²) < 4.78 is 4.84. The molecule has 50 heavy (non-hydrogen) atoms. The van der Waals surface area contributed by atoms with Crippen LogP contribution in [0.25, 0.3) is 88.4 Å². The Kier molecular flexibility index (Phi) is 6.53. The van der Waals surface area contributed by atoms with Crippen LogP contribution in [0.3, 0.4) is 0 Å². The summed E-state index contributed by atoms with van der Waals surface area (Å²) in [4.78, 5) is 0. The summed E-state index contributed by atoms with van der Waals surface area (Å²) in [5.41, 5.74) is 14.4. The van der Waals surface area contributed by atoms with Crippen molar-refractivity contribution >= 4 is 43.6 Å². The van der Waals surface area contributed by atoms with Crippen LogP contribution in [-0.4, -0.2) is 9.13 Å². The Morgan fingerprint density at radius 2 is 0.540 bits per heavy atom. The second-order valence-corrected chi connectivity index (χ2v) is 13.0. The highest BCUT2D eigenvalue weighted by molar-refractivity contribution is 6.19. The Morgan fingerprint density at radius 3 is 0.940 bits per heavy atom. The van der Waals surface area contributed by atoms with Gasteiger partial charge in [0.05, 0.1) is 22.1 Å². The largest absolute Gasteiger partial charge is 0.309 e. The first-order chi connectivity index (χ1) is 24.8. The Morgan fingerprint density at radius 1 is 0.220 bits per heavy atom. The Labute approximate surface area is 290 Å². The van der Waals surface area contributed by atoms with Gasteiger partial charge in [-0.2, -0.15) is 0 Å². The molecule has 0 unspecified atom stereocenters. The first-order valence-corrected chi connectivity index (χ1v) is 17.2. The third-order valence-electron chi connectivity index (χ3n) is 10.1. The number of para-hydroxylation sites is 2. The molecule has 2 nitrogen and oxygen atoms in total. The van der Waals surface area contributed by atoms with E-state index in [1.165, 1.54) is 77.0 Å². The lowest BCUT2D eigenvalue weighted by Crippen LogP contribution is -1.96. The first-order valence-electron chi connectivity index (χ1n) is 17.2. The Bertz CT molecular complexity index is 2800. The molecular formula is C48H32N2. The van der Waals surface area contributed by atoms with Gasteiger partial charge >= 0.3 is 0 Å². The summed E-state index contributed by atoms with van der Waals surface area (Å²) in [6.07, 6.45) is 0. The maximum absolute atomic E-state index is 2.42. The van der Waals surface area contributed by atoms with Crippen LogP contribution in [-0.2, 0) is 0 Å². The second kappa shape index (κ2) is 11.5. The molecule has 0 atom stereocenters. The molecule has 8 aromatic carbocycles. The number of hydrogen-bond donors (Lipinski definition) is 0. The van der Waals surface area contributed by atoms with E-state index in [9.17, 15) is 0 Å². The van der Waals surface area contributed by atoms with E-state index in [2.05, 4.69) is 203 Å². The number of hydrogen-bond acceptors (Lipinski definition) is 0. The van der Waals surface area contributed by atoms with Crippen molar-refractivity contribution in [1.82, 2.24) is 9.13 Å². The highest BCUT2D eigenvalue weighted by Crippen LogP contribution is 2.40. The molecule has 2 aromatic heterocycles. The van der Waals surface area contributed by atoms with Gasteiger partial charge in [-0.25, -0.2) is 0 Å². The quantitative estimate of drug-likeness (QED) is 0.178. The van der Waals surface area contributed by atoms with E-state index < -0.39 is 0 Å². The van der Waals surface area contributed by atoms with Crippen LogP contribution in [0.5, 0.6) is 0 Å². The summed E-state index contributed by atoms with van der Waals surface area (Å²) in [6, 6.07) is 70.3. The minimum Gasteiger partial charge on any atom is -0.309 e. The summed E-state index contributed by atoms with van der Waals surface area (Å²) in [5, 5.41) is 5.04. The van der Waals surface area contributed by atoms with E-state index in [0.29, 0.717) is 0 Å². The minimum atomic E-state index is 1.15. The summed E-state index contributed by atoms with van der Waals surface area (Å²) in [5.74, 6) is 0. The van der Waals surface area contributed by atoms with Gasteiger partial charge in [-0.15, -0.1) is 0 Å². The molecule has 0 aliphatic carbocycles. The molecule has 0 bridgehead atoms. The molecule has 2 heteroatoms. The molecule has 234 valence electrons. The zero-order valence-corrected chi connectivity index (χ0v) is 27.4. The number of benzene rings is 8. The second-order valence-electron chi connectivity index (χ2n) is 13.0. The van der Waals surface area contributed by atoms with Gasteiger partial charge < -0.3 is 9.13 Å². The fourth-order valence-electron chi connectivity index (χ4n) is 7.71. The highest BCUT2D eigenvalue weighted by atomic mass is 15.0. The number of fused-ring (bicyclic) bond motifs is 6. The van der Waals surface area contributed by atoms with Gasteiger partial charge in [0, 0.05) is 32.9 Å². The maximum atomic E-state index is 2.42. The zero-order valence-electron chi connectivity index (χ0n) is 27.4. The molecule has 0 N–H and O–H groups in total. The zero-order chi connectivity index (χ0) is 33.0. The molecule has 10 aromatic rings. The van der Waals surface area contributed by atoms with E-state index >= 15 is 0 Å². The molecule has 0 aliphatic heterocycles. The number of rotatable bonds is 5. The van der Waals surface area contributed by atoms with Crippen molar-refractivity contribution < 1.29 is 0 Å². The fraction of sp³-hybridized carbons (Fsp3) is 0. The van der Waals surface area contributed by atoms with Gasteiger partial charge in [0.15, 0.2) is 0 Å². The third kappa shape index (κ3) is 4.57.